The first-order valence-electron chi connectivity index (χ1n) is 6.69. The van der Waals surface area contributed by atoms with Gasteiger partial charge in [-0.2, -0.15) is 0 Å². The number of nitrogens with two attached hydrogens (primary N) is 1. The molecule has 3 N–H and O–H groups in total. The number of nitrogens with zero attached hydrogens (tertiary/aromatic N) is 2. The van der Waals surface area contributed by atoms with Crippen LogP contribution in [0, 0.1) is 5.92 Å². The lowest BCUT2D eigenvalue weighted by molar-refractivity contribution is 0.357. The van der Waals surface area contributed by atoms with E-state index >= 15 is 0 Å². The Labute approximate surface area is 112 Å². The molecule has 1 aromatic heterocycles. The van der Waals surface area contributed by atoms with Crippen molar-refractivity contribution < 1.29 is 0 Å². The summed E-state index contributed by atoms with van der Waals surface area (Å²) in [5.41, 5.74) is 6.06. The van der Waals surface area contributed by atoms with Crippen LogP contribution in [0.1, 0.15) is 39.5 Å². The highest BCUT2D eigenvalue weighted by molar-refractivity contribution is 7.99. The lowest BCUT2D eigenvalue weighted by Crippen LogP contribution is -2.38. The zero-order valence-electron chi connectivity index (χ0n) is 11.1. The van der Waals surface area contributed by atoms with E-state index in [1.54, 1.807) is 16.3 Å². The fraction of sp³-hybridized carbons (Fsp3) is 0.833. The molecule has 0 bridgehead atoms. The average Bonchev–Trinajstić information content (AvgIpc) is 2.67. The molecule has 1 fully saturated rings. The minimum absolute atomic E-state index is 0.114. The Morgan fingerprint density at radius 1 is 1.56 bits per heavy atom. The molecule has 0 saturated heterocycles. The summed E-state index contributed by atoms with van der Waals surface area (Å²) in [4.78, 5) is 11.6. The van der Waals surface area contributed by atoms with Crippen molar-refractivity contribution in [3.05, 3.63) is 10.5 Å². The van der Waals surface area contributed by atoms with Crippen LogP contribution in [0.5, 0.6) is 0 Å². The Kier molecular flexibility index (Phi) is 4.50. The van der Waals surface area contributed by atoms with Crippen LogP contribution in [-0.2, 0) is 6.54 Å². The molecule has 0 aromatic carbocycles. The second-order valence-corrected chi connectivity index (χ2v) is 6.41. The molecule has 0 aliphatic heterocycles. The predicted molar refractivity (Wildman–Crippen MR) is 73.8 cm³/mol. The van der Waals surface area contributed by atoms with Crippen molar-refractivity contribution >= 4 is 11.8 Å². The first-order valence-corrected chi connectivity index (χ1v) is 7.57. The third-order valence-electron chi connectivity index (χ3n) is 3.53. The molecule has 5 nitrogen and oxygen atoms in total. The number of hydrogen-bond acceptors (Lipinski definition) is 4. The molecule has 0 radical (unpaired) electrons. The third-order valence-corrected chi connectivity index (χ3v) is 4.90. The quantitative estimate of drug-likeness (QED) is 0.871. The van der Waals surface area contributed by atoms with E-state index in [1.165, 1.54) is 6.42 Å². The van der Waals surface area contributed by atoms with E-state index in [1.807, 2.05) is 0 Å². The van der Waals surface area contributed by atoms with Gasteiger partial charge in [-0.15, -0.1) is 5.10 Å². The van der Waals surface area contributed by atoms with Crippen LogP contribution in [0.4, 0.5) is 0 Å². The number of hydrogen-bond donors (Lipinski definition) is 2. The molecule has 1 aliphatic rings. The molecule has 102 valence electrons. The van der Waals surface area contributed by atoms with E-state index in [0.717, 1.165) is 31.0 Å². The highest BCUT2D eigenvalue weighted by Gasteiger charge is 2.28. The van der Waals surface area contributed by atoms with Gasteiger partial charge in [0.25, 0.3) is 0 Å². The van der Waals surface area contributed by atoms with Gasteiger partial charge in [0.05, 0.1) is 0 Å². The standard InChI is InChI=1S/C12H22N4OS/c1-3-6-16-11(17)14-15-12(16)18-10-7-8(2)4-5-9(10)13/h8-10H,3-7,13H2,1-2H3,(H,14,17). The van der Waals surface area contributed by atoms with Gasteiger partial charge in [0.2, 0.25) is 0 Å². The number of aromatic nitrogens is 3. The third kappa shape index (κ3) is 2.98. The second-order valence-electron chi connectivity index (χ2n) is 5.20. The van der Waals surface area contributed by atoms with Gasteiger partial charge in [0.1, 0.15) is 0 Å². The van der Waals surface area contributed by atoms with Gasteiger partial charge in [-0.05, 0) is 31.6 Å². The molecule has 1 saturated carbocycles. The van der Waals surface area contributed by atoms with Crippen molar-refractivity contribution in [3.63, 3.8) is 0 Å². The van der Waals surface area contributed by atoms with Gasteiger partial charge in [0, 0.05) is 17.8 Å². The second kappa shape index (κ2) is 5.93. The van der Waals surface area contributed by atoms with Gasteiger partial charge >= 0.3 is 5.69 Å². The highest BCUT2D eigenvalue weighted by atomic mass is 32.2. The Morgan fingerprint density at radius 3 is 3.06 bits per heavy atom. The maximum Gasteiger partial charge on any atom is 0.343 e. The summed E-state index contributed by atoms with van der Waals surface area (Å²) in [6, 6.07) is 0.216. The zero-order chi connectivity index (χ0) is 13.1. The maximum atomic E-state index is 11.6. The van der Waals surface area contributed by atoms with Crippen LogP contribution >= 0.6 is 11.8 Å². The van der Waals surface area contributed by atoms with Gasteiger partial charge in [-0.25, -0.2) is 9.89 Å². The number of thioether (sulfide) groups is 1. The first-order chi connectivity index (χ1) is 8.61. The molecule has 0 spiro atoms. The average molecular weight is 270 g/mol. The molecule has 1 aliphatic carbocycles. The van der Waals surface area contributed by atoms with Crippen molar-refractivity contribution in [1.29, 1.82) is 0 Å². The number of aromatic amines is 1. The van der Waals surface area contributed by atoms with Crippen molar-refractivity contribution in [3.8, 4) is 0 Å². The van der Waals surface area contributed by atoms with Crippen LogP contribution in [0.3, 0.4) is 0 Å². The molecule has 1 heterocycles. The van der Waals surface area contributed by atoms with Gasteiger partial charge in [-0.3, -0.25) is 4.57 Å². The van der Waals surface area contributed by atoms with E-state index in [0.29, 0.717) is 11.2 Å². The van der Waals surface area contributed by atoms with Gasteiger partial charge in [0.15, 0.2) is 5.16 Å². The lowest BCUT2D eigenvalue weighted by Gasteiger charge is -2.31. The normalized spacial score (nSPS) is 28.5. The topological polar surface area (TPSA) is 76.7 Å². The smallest absolute Gasteiger partial charge is 0.327 e. The number of nitrogens with one attached hydrogen (secondary N) is 1. The van der Waals surface area contributed by atoms with Crippen LogP contribution in [0.15, 0.2) is 9.95 Å². The Bertz CT molecular complexity index is 442. The van der Waals surface area contributed by atoms with Crippen molar-refractivity contribution in [2.24, 2.45) is 11.7 Å². The highest BCUT2D eigenvalue weighted by Crippen LogP contribution is 2.34. The molecule has 3 atom stereocenters. The van der Waals surface area contributed by atoms with Crippen LogP contribution < -0.4 is 11.4 Å². The maximum absolute atomic E-state index is 11.6. The van der Waals surface area contributed by atoms with Crippen molar-refractivity contribution in [2.45, 2.75) is 62.5 Å². The van der Waals surface area contributed by atoms with E-state index in [2.05, 4.69) is 24.0 Å². The van der Waals surface area contributed by atoms with E-state index < -0.39 is 0 Å². The monoisotopic (exact) mass is 270 g/mol. The Hall–Kier alpha value is -0.750. The molecular weight excluding hydrogens is 248 g/mol. The largest absolute Gasteiger partial charge is 0.343 e. The number of H-pyrrole nitrogens is 1. The predicted octanol–water partition coefficient (Wildman–Crippen LogP) is 1.59. The molecule has 1 aromatic rings. The van der Waals surface area contributed by atoms with Crippen molar-refractivity contribution in [1.82, 2.24) is 14.8 Å². The summed E-state index contributed by atoms with van der Waals surface area (Å²) < 4.78 is 1.72. The molecule has 18 heavy (non-hydrogen) atoms. The van der Waals surface area contributed by atoms with Crippen LogP contribution in [-0.4, -0.2) is 26.1 Å². The Morgan fingerprint density at radius 2 is 2.33 bits per heavy atom. The summed E-state index contributed by atoms with van der Waals surface area (Å²) in [5, 5.41) is 7.82. The fourth-order valence-corrected chi connectivity index (χ4v) is 3.84. The fourth-order valence-electron chi connectivity index (χ4n) is 2.44. The lowest BCUT2D eigenvalue weighted by atomic mass is 9.87. The van der Waals surface area contributed by atoms with Gasteiger partial charge < -0.3 is 5.73 Å². The minimum Gasteiger partial charge on any atom is -0.327 e. The minimum atomic E-state index is -0.114. The molecule has 6 heteroatoms. The van der Waals surface area contributed by atoms with E-state index in [9.17, 15) is 4.79 Å². The van der Waals surface area contributed by atoms with Crippen LogP contribution in [0.2, 0.25) is 0 Å². The van der Waals surface area contributed by atoms with E-state index in [4.69, 9.17) is 5.73 Å². The summed E-state index contributed by atoms with van der Waals surface area (Å²) in [7, 11) is 0. The molecule has 3 unspecified atom stereocenters. The number of rotatable bonds is 4. The van der Waals surface area contributed by atoms with E-state index in [-0.39, 0.29) is 11.7 Å². The molecular formula is C12H22N4OS. The summed E-state index contributed by atoms with van der Waals surface area (Å²) in [6.45, 7) is 5.04. The van der Waals surface area contributed by atoms with Crippen LogP contribution in [0.25, 0.3) is 0 Å². The zero-order valence-corrected chi connectivity index (χ0v) is 11.9. The summed E-state index contributed by atoms with van der Waals surface area (Å²) in [6.07, 6.45) is 4.32. The Balaban J connectivity index is 2.10. The summed E-state index contributed by atoms with van der Waals surface area (Å²) >= 11 is 1.66. The van der Waals surface area contributed by atoms with Gasteiger partial charge in [-0.1, -0.05) is 25.6 Å². The van der Waals surface area contributed by atoms with Crippen molar-refractivity contribution in [2.75, 3.05) is 0 Å². The molecule has 2 rings (SSSR count). The molecule has 0 amide bonds. The summed E-state index contributed by atoms with van der Waals surface area (Å²) in [5.74, 6) is 0.715. The first kappa shape index (κ1) is 13.7. The SMILES string of the molecule is CCCn1c(SC2CC(C)CCC2N)n[nH]c1=O.